The predicted molar refractivity (Wildman–Crippen MR) is 225 cm³/mol. The molecular formula is C48H32N6. The number of aromatic nitrogens is 6. The molecule has 254 valence electrons. The quantitative estimate of drug-likeness (QED) is 0.158. The first-order chi connectivity index (χ1) is 26.7. The Morgan fingerprint density at radius 3 is 0.796 bits per heavy atom. The Hall–Kier alpha value is -7.44. The third-order valence-corrected chi connectivity index (χ3v) is 9.26. The van der Waals surface area contributed by atoms with Gasteiger partial charge in [-0.3, -0.25) is 19.9 Å². The van der Waals surface area contributed by atoms with Crippen LogP contribution >= 0.6 is 0 Å². The largest absolute Gasteiger partial charge is 0.256 e. The molecule has 0 spiro atoms. The zero-order chi connectivity index (χ0) is 36.1. The SMILES string of the molecule is C(=Cc1nc(C=Cc2ccc3cccnc3c2)c(C=Cc2ccc3cccnc3c2)nc1C=Cc1ccc2cccnc2c1)c1ccc2cccnc2c1. The van der Waals surface area contributed by atoms with Crippen molar-refractivity contribution in [3.05, 3.63) is 191 Å². The Kier molecular flexibility index (Phi) is 8.81. The van der Waals surface area contributed by atoms with Crippen LogP contribution in [0.2, 0.25) is 0 Å². The van der Waals surface area contributed by atoms with Crippen molar-refractivity contribution >= 4 is 92.2 Å². The van der Waals surface area contributed by atoms with Gasteiger partial charge in [0, 0.05) is 46.3 Å². The maximum atomic E-state index is 5.26. The Labute approximate surface area is 312 Å². The molecule has 9 aromatic rings. The molecule has 5 aromatic heterocycles. The van der Waals surface area contributed by atoms with Gasteiger partial charge < -0.3 is 0 Å². The molecule has 0 saturated carbocycles. The van der Waals surface area contributed by atoms with Crippen LogP contribution in [0.5, 0.6) is 0 Å². The van der Waals surface area contributed by atoms with E-state index in [-0.39, 0.29) is 0 Å². The summed E-state index contributed by atoms with van der Waals surface area (Å²) in [5, 5.41) is 4.38. The van der Waals surface area contributed by atoms with Crippen LogP contribution in [0.1, 0.15) is 45.0 Å². The highest BCUT2D eigenvalue weighted by molar-refractivity contribution is 5.88. The van der Waals surface area contributed by atoms with Gasteiger partial charge in [0.05, 0.1) is 44.8 Å². The molecule has 0 fully saturated rings. The van der Waals surface area contributed by atoms with Crippen molar-refractivity contribution in [3.63, 3.8) is 0 Å². The van der Waals surface area contributed by atoms with Gasteiger partial charge in [0.15, 0.2) is 0 Å². The summed E-state index contributed by atoms with van der Waals surface area (Å²) in [7, 11) is 0. The smallest absolute Gasteiger partial charge is 0.0894 e. The summed E-state index contributed by atoms with van der Waals surface area (Å²) in [6.45, 7) is 0. The van der Waals surface area contributed by atoms with E-state index in [4.69, 9.17) is 9.97 Å². The topological polar surface area (TPSA) is 77.3 Å². The second-order valence-electron chi connectivity index (χ2n) is 12.9. The molecule has 0 amide bonds. The number of pyridine rings is 4. The Morgan fingerprint density at radius 1 is 0.278 bits per heavy atom. The number of rotatable bonds is 8. The van der Waals surface area contributed by atoms with E-state index in [0.29, 0.717) is 0 Å². The lowest BCUT2D eigenvalue weighted by Crippen LogP contribution is -2.00. The fourth-order valence-electron chi connectivity index (χ4n) is 6.43. The molecule has 6 heteroatoms. The standard InChI is InChI=1S/C48H32N6/c1-5-37-17-9-33(29-45(37)49-25-1)13-21-41-42(22-14-34-10-18-38-6-2-26-50-46(38)30-34)54-44(24-16-36-12-20-40-8-4-28-52-48(40)32-36)43(53-41)23-15-35-11-19-39-7-3-27-51-47(39)31-35/h1-32H. The van der Waals surface area contributed by atoms with E-state index < -0.39 is 0 Å². The Bertz CT molecular complexity index is 2560. The molecule has 0 aliphatic rings. The average molecular weight is 693 g/mol. The second kappa shape index (κ2) is 14.7. The monoisotopic (exact) mass is 692 g/mol. The lowest BCUT2D eigenvalue weighted by Gasteiger charge is -2.08. The van der Waals surface area contributed by atoms with Crippen LogP contribution in [0, 0.1) is 0 Å². The summed E-state index contributed by atoms with van der Waals surface area (Å²) in [6.07, 6.45) is 23.6. The molecule has 0 aliphatic carbocycles. The third kappa shape index (κ3) is 7.17. The first-order valence-electron chi connectivity index (χ1n) is 17.7. The molecule has 54 heavy (non-hydrogen) atoms. The van der Waals surface area contributed by atoms with E-state index in [1.54, 1.807) is 0 Å². The van der Waals surface area contributed by atoms with Crippen molar-refractivity contribution in [1.29, 1.82) is 0 Å². The van der Waals surface area contributed by atoms with E-state index in [2.05, 4.69) is 141 Å². The van der Waals surface area contributed by atoms with Crippen LogP contribution in [0.3, 0.4) is 0 Å². The van der Waals surface area contributed by atoms with Crippen molar-refractivity contribution in [2.75, 3.05) is 0 Å². The first kappa shape index (κ1) is 32.5. The van der Waals surface area contributed by atoms with E-state index in [1.807, 2.05) is 73.4 Å². The summed E-state index contributed by atoms with van der Waals surface area (Å²) < 4.78 is 0. The lowest BCUT2D eigenvalue weighted by atomic mass is 10.1. The van der Waals surface area contributed by atoms with Crippen molar-refractivity contribution < 1.29 is 0 Å². The van der Waals surface area contributed by atoms with Crippen LogP contribution in [-0.4, -0.2) is 29.9 Å². The van der Waals surface area contributed by atoms with Crippen LogP contribution in [0.25, 0.3) is 92.2 Å². The molecule has 0 saturated heterocycles. The molecule has 0 radical (unpaired) electrons. The van der Waals surface area contributed by atoms with Gasteiger partial charge in [0.2, 0.25) is 0 Å². The molecule has 0 N–H and O–H groups in total. The Morgan fingerprint density at radius 2 is 0.537 bits per heavy atom. The second-order valence-corrected chi connectivity index (χ2v) is 12.9. The van der Waals surface area contributed by atoms with E-state index in [9.17, 15) is 0 Å². The molecule has 0 unspecified atom stereocenters. The Balaban J connectivity index is 1.16. The van der Waals surface area contributed by atoms with Gasteiger partial charge in [-0.15, -0.1) is 0 Å². The van der Waals surface area contributed by atoms with E-state index in [0.717, 1.165) is 88.6 Å². The van der Waals surface area contributed by atoms with E-state index >= 15 is 0 Å². The van der Waals surface area contributed by atoms with Crippen molar-refractivity contribution in [2.45, 2.75) is 0 Å². The van der Waals surface area contributed by atoms with Gasteiger partial charge in [0.25, 0.3) is 0 Å². The first-order valence-corrected chi connectivity index (χ1v) is 17.7. The number of fused-ring (bicyclic) bond motifs is 4. The molecule has 0 bridgehead atoms. The minimum Gasteiger partial charge on any atom is -0.256 e. The molecule has 6 nitrogen and oxygen atoms in total. The highest BCUT2D eigenvalue weighted by atomic mass is 14.8. The fourth-order valence-corrected chi connectivity index (χ4v) is 6.43. The average Bonchev–Trinajstić information content (AvgIpc) is 3.23. The highest BCUT2D eigenvalue weighted by Crippen LogP contribution is 2.24. The molecule has 9 rings (SSSR count). The maximum Gasteiger partial charge on any atom is 0.0894 e. The minimum absolute atomic E-state index is 0.734. The van der Waals surface area contributed by atoms with E-state index in [1.165, 1.54) is 0 Å². The number of hydrogen-bond acceptors (Lipinski definition) is 6. The summed E-state index contributed by atoms with van der Waals surface area (Å²) in [6, 6.07) is 41.1. The van der Waals surface area contributed by atoms with Gasteiger partial charge >= 0.3 is 0 Å². The van der Waals surface area contributed by atoms with Crippen molar-refractivity contribution in [1.82, 2.24) is 29.9 Å². The number of benzene rings is 4. The molecule has 0 atom stereocenters. The van der Waals surface area contributed by atoms with Gasteiger partial charge in [-0.2, -0.15) is 0 Å². The predicted octanol–water partition coefficient (Wildman–Crippen LogP) is 11.4. The van der Waals surface area contributed by atoms with Gasteiger partial charge in [-0.1, -0.05) is 97.1 Å². The van der Waals surface area contributed by atoms with Crippen LogP contribution in [0.4, 0.5) is 0 Å². The van der Waals surface area contributed by atoms with Crippen LogP contribution in [-0.2, 0) is 0 Å². The molecule has 4 aromatic carbocycles. The molecule has 5 heterocycles. The van der Waals surface area contributed by atoms with Gasteiger partial charge in [-0.25, -0.2) is 9.97 Å². The number of nitrogens with zero attached hydrogens (tertiary/aromatic N) is 6. The maximum absolute atomic E-state index is 5.26. The number of hydrogen-bond donors (Lipinski definition) is 0. The fraction of sp³-hybridized carbons (Fsp3) is 0. The van der Waals surface area contributed by atoms with Gasteiger partial charge in [-0.05, 0) is 95.1 Å². The minimum atomic E-state index is 0.734. The van der Waals surface area contributed by atoms with Crippen LogP contribution in [0.15, 0.2) is 146 Å². The summed E-state index contributed by atoms with van der Waals surface area (Å²) in [4.78, 5) is 28.7. The van der Waals surface area contributed by atoms with Gasteiger partial charge in [0.1, 0.15) is 0 Å². The molecular weight excluding hydrogens is 661 g/mol. The lowest BCUT2D eigenvalue weighted by molar-refractivity contribution is 1.12. The van der Waals surface area contributed by atoms with Crippen molar-refractivity contribution in [3.8, 4) is 0 Å². The highest BCUT2D eigenvalue weighted by Gasteiger charge is 2.09. The third-order valence-electron chi connectivity index (χ3n) is 9.26. The zero-order valence-corrected chi connectivity index (χ0v) is 29.2. The summed E-state index contributed by atoms with van der Waals surface area (Å²) in [5.74, 6) is 0. The van der Waals surface area contributed by atoms with Crippen LogP contribution < -0.4 is 0 Å². The zero-order valence-electron chi connectivity index (χ0n) is 29.2. The summed E-state index contributed by atoms with van der Waals surface area (Å²) >= 11 is 0. The van der Waals surface area contributed by atoms with Crippen molar-refractivity contribution in [2.24, 2.45) is 0 Å². The summed E-state index contributed by atoms with van der Waals surface area (Å²) in [5.41, 5.74) is 10.8. The molecule has 0 aliphatic heterocycles. The normalized spacial score (nSPS) is 12.1.